The zero-order chi connectivity index (χ0) is 9.84. The minimum atomic E-state index is -0.362. The van der Waals surface area contributed by atoms with Gasteiger partial charge in [-0.3, -0.25) is 0 Å². The van der Waals surface area contributed by atoms with E-state index in [2.05, 4.69) is 0 Å². The third kappa shape index (κ3) is 3.32. The molecule has 0 aliphatic carbocycles. The van der Waals surface area contributed by atoms with Crippen molar-refractivity contribution in [3.63, 3.8) is 0 Å². The van der Waals surface area contributed by atoms with E-state index in [1.165, 1.54) is 12.1 Å². The highest BCUT2D eigenvalue weighted by atomic mass is 19.1. The molecule has 0 aromatic heterocycles. The number of halogens is 1. The van der Waals surface area contributed by atoms with Crippen LogP contribution in [0.15, 0.2) is 18.2 Å². The average Bonchev–Trinajstić information content (AvgIpc) is 1.99. The number of anilines is 1. The van der Waals surface area contributed by atoms with E-state index in [0.717, 1.165) is 0 Å². The number of ether oxygens (including phenoxy) is 1. The minimum absolute atomic E-state index is 0.362. The Morgan fingerprint density at radius 1 is 1.38 bits per heavy atom. The Bertz CT molecular complexity index is 266. The molecule has 1 aromatic carbocycles. The van der Waals surface area contributed by atoms with Gasteiger partial charge in [0.05, 0.1) is 6.61 Å². The quantitative estimate of drug-likeness (QED) is 0.730. The number of benzene rings is 1. The summed E-state index contributed by atoms with van der Waals surface area (Å²) in [7, 11) is 0. The van der Waals surface area contributed by atoms with Crippen LogP contribution in [0.2, 0.25) is 0 Å². The summed E-state index contributed by atoms with van der Waals surface area (Å²) in [5.41, 5.74) is 5.83. The first-order chi connectivity index (χ1) is 6.08. The van der Waals surface area contributed by atoms with Crippen molar-refractivity contribution < 1.29 is 9.13 Å². The molecule has 0 unspecified atom stereocenters. The van der Waals surface area contributed by atoms with Gasteiger partial charge in [0.2, 0.25) is 0 Å². The summed E-state index contributed by atoms with van der Waals surface area (Å²) in [6.45, 7) is 4.63. The average molecular weight is 183 g/mol. The molecule has 13 heavy (non-hydrogen) atoms. The predicted molar refractivity (Wildman–Crippen MR) is 51.1 cm³/mol. The number of nitrogen functional groups attached to an aromatic ring is 1. The lowest BCUT2D eigenvalue weighted by Crippen LogP contribution is -2.04. The molecule has 0 aliphatic heterocycles. The molecule has 2 nitrogen and oxygen atoms in total. The maximum Gasteiger partial charge on any atom is 0.128 e. The standard InChI is InChI=1S/C10H14FNO/c1-7(2)6-13-10-4-8(11)3-9(12)5-10/h3-5,7H,6,12H2,1-2H3. The summed E-state index contributed by atoms with van der Waals surface area (Å²) in [6.07, 6.45) is 0. The molecular weight excluding hydrogens is 169 g/mol. The first-order valence-electron chi connectivity index (χ1n) is 4.27. The first-order valence-corrected chi connectivity index (χ1v) is 4.27. The highest BCUT2D eigenvalue weighted by molar-refractivity contribution is 5.44. The minimum Gasteiger partial charge on any atom is -0.493 e. The fourth-order valence-electron chi connectivity index (χ4n) is 0.931. The Hall–Kier alpha value is -1.25. The fraction of sp³-hybridized carbons (Fsp3) is 0.400. The highest BCUT2D eigenvalue weighted by Gasteiger charge is 2.00. The predicted octanol–water partition coefficient (Wildman–Crippen LogP) is 2.44. The maximum atomic E-state index is 12.8. The van der Waals surface area contributed by atoms with Crippen LogP contribution in [0, 0.1) is 11.7 Å². The molecule has 0 atom stereocenters. The summed E-state index contributed by atoms with van der Waals surface area (Å²) in [6, 6.07) is 4.21. The second kappa shape index (κ2) is 4.12. The molecule has 1 aromatic rings. The van der Waals surface area contributed by atoms with E-state index in [1.807, 2.05) is 13.8 Å². The van der Waals surface area contributed by atoms with Crippen molar-refractivity contribution in [3.05, 3.63) is 24.0 Å². The highest BCUT2D eigenvalue weighted by Crippen LogP contribution is 2.18. The van der Waals surface area contributed by atoms with Crippen LogP contribution in [0.5, 0.6) is 5.75 Å². The van der Waals surface area contributed by atoms with E-state index in [9.17, 15) is 4.39 Å². The molecule has 72 valence electrons. The van der Waals surface area contributed by atoms with Gasteiger partial charge in [-0.25, -0.2) is 4.39 Å². The van der Waals surface area contributed by atoms with Crippen molar-refractivity contribution in [2.75, 3.05) is 12.3 Å². The van der Waals surface area contributed by atoms with E-state index in [1.54, 1.807) is 6.07 Å². The molecular formula is C10H14FNO. The molecule has 0 amide bonds. The molecule has 3 heteroatoms. The van der Waals surface area contributed by atoms with Crippen LogP contribution in [0.25, 0.3) is 0 Å². The summed E-state index contributed by atoms with van der Waals surface area (Å²) >= 11 is 0. The summed E-state index contributed by atoms with van der Waals surface area (Å²) in [5, 5.41) is 0. The van der Waals surface area contributed by atoms with Crippen molar-refractivity contribution in [1.29, 1.82) is 0 Å². The van der Waals surface area contributed by atoms with Gasteiger partial charge in [-0.2, -0.15) is 0 Å². The van der Waals surface area contributed by atoms with Crippen molar-refractivity contribution in [2.45, 2.75) is 13.8 Å². The molecule has 0 heterocycles. The lowest BCUT2D eigenvalue weighted by Gasteiger charge is -2.08. The first kappa shape index (κ1) is 9.84. The summed E-state index contributed by atoms with van der Waals surface area (Å²) < 4.78 is 18.1. The van der Waals surface area contributed by atoms with Gasteiger partial charge in [0.25, 0.3) is 0 Å². The van der Waals surface area contributed by atoms with E-state index >= 15 is 0 Å². The van der Waals surface area contributed by atoms with Gasteiger partial charge >= 0.3 is 0 Å². The topological polar surface area (TPSA) is 35.2 Å². The Balaban J connectivity index is 2.66. The molecule has 0 radical (unpaired) electrons. The van der Waals surface area contributed by atoms with Crippen molar-refractivity contribution >= 4 is 5.69 Å². The summed E-state index contributed by atoms with van der Waals surface area (Å²) in [5.74, 6) is 0.550. The van der Waals surface area contributed by atoms with Crippen LogP contribution in [0.4, 0.5) is 10.1 Å². The van der Waals surface area contributed by atoms with Crippen LogP contribution in [-0.2, 0) is 0 Å². The zero-order valence-electron chi connectivity index (χ0n) is 7.88. The third-order valence-corrected chi connectivity index (χ3v) is 1.48. The van der Waals surface area contributed by atoms with Gasteiger partial charge in [-0.1, -0.05) is 13.8 Å². The Morgan fingerprint density at radius 2 is 2.08 bits per heavy atom. The van der Waals surface area contributed by atoms with Gasteiger partial charge in [0.15, 0.2) is 0 Å². The summed E-state index contributed by atoms with van der Waals surface area (Å²) in [4.78, 5) is 0. The second-order valence-corrected chi connectivity index (χ2v) is 3.43. The van der Waals surface area contributed by atoms with Gasteiger partial charge in [0, 0.05) is 17.8 Å². The number of nitrogens with two attached hydrogens (primary N) is 1. The van der Waals surface area contributed by atoms with E-state index in [-0.39, 0.29) is 5.82 Å². The molecule has 0 saturated carbocycles. The maximum absolute atomic E-state index is 12.8. The molecule has 0 aliphatic rings. The SMILES string of the molecule is CC(C)COc1cc(N)cc(F)c1. The molecule has 0 bridgehead atoms. The Morgan fingerprint density at radius 3 is 2.62 bits per heavy atom. The van der Waals surface area contributed by atoms with Crippen LogP contribution in [0.1, 0.15) is 13.8 Å². The lowest BCUT2D eigenvalue weighted by atomic mass is 10.2. The van der Waals surface area contributed by atoms with Gasteiger partial charge in [0.1, 0.15) is 11.6 Å². The van der Waals surface area contributed by atoms with Gasteiger partial charge < -0.3 is 10.5 Å². The van der Waals surface area contributed by atoms with E-state index in [0.29, 0.717) is 24.0 Å². The number of rotatable bonds is 3. The monoisotopic (exact) mass is 183 g/mol. The zero-order valence-corrected chi connectivity index (χ0v) is 7.88. The smallest absolute Gasteiger partial charge is 0.128 e. The Labute approximate surface area is 77.5 Å². The molecule has 2 N–H and O–H groups in total. The number of hydrogen-bond donors (Lipinski definition) is 1. The van der Waals surface area contributed by atoms with E-state index < -0.39 is 0 Å². The second-order valence-electron chi connectivity index (χ2n) is 3.43. The van der Waals surface area contributed by atoms with Gasteiger partial charge in [-0.05, 0) is 12.0 Å². The van der Waals surface area contributed by atoms with Crippen molar-refractivity contribution in [2.24, 2.45) is 5.92 Å². The molecule has 0 fully saturated rings. The third-order valence-electron chi connectivity index (χ3n) is 1.48. The van der Waals surface area contributed by atoms with Gasteiger partial charge in [-0.15, -0.1) is 0 Å². The van der Waals surface area contributed by atoms with Crippen LogP contribution in [-0.4, -0.2) is 6.61 Å². The molecule has 0 saturated heterocycles. The number of hydrogen-bond acceptors (Lipinski definition) is 2. The van der Waals surface area contributed by atoms with Crippen molar-refractivity contribution in [3.8, 4) is 5.75 Å². The normalized spacial score (nSPS) is 10.5. The lowest BCUT2D eigenvalue weighted by molar-refractivity contribution is 0.270. The molecule has 0 spiro atoms. The van der Waals surface area contributed by atoms with Crippen LogP contribution < -0.4 is 10.5 Å². The van der Waals surface area contributed by atoms with Crippen LogP contribution in [0.3, 0.4) is 0 Å². The van der Waals surface area contributed by atoms with Crippen molar-refractivity contribution in [1.82, 2.24) is 0 Å². The van der Waals surface area contributed by atoms with E-state index in [4.69, 9.17) is 10.5 Å². The Kier molecular flexibility index (Phi) is 3.12. The largest absolute Gasteiger partial charge is 0.493 e. The molecule has 1 rings (SSSR count). The van der Waals surface area contributed by atoms with Crippen LogP contribution >= 0.6 is 0 Å². The fourth-order valence-corrected chi connectivity index (χ4v) is 0.931.